The summed E-state index contributed by atoms with van der Waals surface area (Å²) < 4.78 is 10.6. The van der Waals surface area contributed by atoms with Crippen LogP contribution in [-0.4, -0.2) is 37.3 Å². The van der Waals surface area contributed by atoms with Crippen LogP contribution in [0, 0.1) is 0 Å². The second-order valence-corrected chi connectivity index (χ2v) is 4.57. The number of benzene rings is 1. The number of hydrogen-bond donors (Lipinski definition) is 0. The van der Waals surface area contributed by atoms with Gasteiger partial charge < -0.3 is 14.4 Å². The normalized spacial score (nSPS) is 10.1. The molecule has 0 atom stereocenters. The molecular weight excluding hydrogens is 313 g/mol. The van der Waals surface area contributed by atoms with Crippen LogP contribution < -0.4 is 14.4 Å². The first-order valence-corrected chi connectivity index (χ1v) is 6.86. The van der Waals surface area contributed by atoms with Crippen molar-refractivity contribution in [3.63, 3.8) is 0 Å². The minimum atomic E-state index is 0. The Labute approximate surface area is 135 Å². The molecule has 0 radical (unpaired) electrons. The maximum atomic E-state index is 6.27. The molecular formula is C14H19Cl2N3O2. The lowest BCUT2D eigenvalue weighted by Gasteiger charge is -2.19. The van der Waals surface area contributed by atoms with Gasteiger partial charge in [0.15, 0.2) is 11.5 Å². The molecule has 0 amide bonds. The Balaban J connectivity index is 0.00000220. The molecule has 7 heteroatoms. The summed E-state index contributed by atoms with van der Waals surface area (Å²) in [5, 5.41) is 1.16. The molecule has 0 aliphatic carbocycles. The smallest absolute Gasteiger partial charge is 0.227 e. The highest BCUT2D eigenvalue weighted by molar-refractivity contribution is 6.34. The van der Waals surface area contributed by atoms with Crippen molar-refractivity contribution in [2.75, 3.05) is 32.2 Å². The first kappa shape index (κ1) is 17.6. The van der Waals surface area contributed by atoms with Crippen molar-refractivity contribution in [3.05, 3.63) is 17.3 Å². The van der Waals surface area contributed by atoms with Crippen LogP contribution in [0.15, 0.2) is 12.1 Å². The fourth-order valence-corrected chi connectivity index (χ4v) is 2.28. The number of ether oxygens (including phenoxy) is 2. The lowest BCUT2D eigenvalue weighted by Crippen LogP contribution is -2.24. The zero-order chi connectivity index (χ0) is 14.7. The maximum absolute atomic E-state index is 6.27. The standard InChI is InChI=1S/C14H18ClN3O2.ClH/c1-5-18(6-2)14-16-10-8-12(20-4)11(19-3)7-9(10)13(15)17-14;/h7-8H,5-6H2,1-4H3;1H. The van der Waals surface area contributed by atoms with Crippen molar-refractivity contribution < 1.29 is 9.47 Å². The maximum Gasteiger partial charge on any atom is 0.227 e. The molecule has 21 heavy (non-hydrogen) atoms. The lowest BCUT2D eigenvalue weighted by atomic mass is 10.2. The van der Waals surface area contributed by atoms with Crippen molar-refractivity contribution in [1.82, 2.24) is 9.97 Å². The van der Waals surface area contributed by atoms with Crippen molar-refractivity contribution >= 4 is 40.9 Å². The Hall–Kier alpha value is -1.46. The van der Waals surface area contributed by atoms with E-state index in [9.17, 15) is 0 Å². The molecule has 1 heterocycles. The Bertz CT molecular complexity index is 619. The molecule has 0 spiro atoms. The SMILES string of the molecule is CCN(CC)c1nc(Cl)c2cc(OC)c(OC)cc2n1.Cl. The van der Waals surface area contributed by atoms with E-state index in [0.717, 1.165) is 24.0 Å². The van der Waals surface area contributed by atoms with Gasteiger partial charge in [-0.05, 0) is 19.9 Å². The summed E-state index contributed by atoms with van der Waals surface area (Å²) in [5.41, 5.74) is 0.740. The van der Waals surface area contributed by atoms with Crippen LogP contribution in [-0.2, 0) is 0 Å². The molecule has 0 aliphatic heterocycles. The predicted octanol–water partition coefficient (Wildman–Crippen LogP) is 3.57. The molecule has 0 aliphatic rings. The topological polar surface area (TPSA) is 47.5 Å². The average molecular weight is 332 g/mol. The van der Waals surface area contributed by atoms with Gasteiger partial charge in [-0.25, -0.2) is 9.97 Å². The molecule has 2 rings (SSSR count). The van der Waals surface area contributed by atoms with Crippen LogP contribution in [0.4, 0.5) is 5.95 Å². The van der Waals surface area contributed by atoms with E-state index in [1.807, 2.05) is 11.0 Å². The van der Waals surface area contributed by atoms with E-state index in [2.05, 4.69) is 23.8 Å². The minimum Gasteiger partial charge on any atom is -0.493 e. The number of halogens is 2. The third-order valence-corrected chi connectivity index (χ3v) is 3.48. The molecule has 2 aromatic rings. The van der Waals surface area contributed by atoms with Crippen molar-refractivity contribution in [2.45, 2.75) is 13.8 Å². The van der Waals surface area contributed by atoms with E-state index in [4.69, 9.17) is 21.1 Å². The second-order valence-electron chi connectivity index (χ2n) is 4.21. The highest BCUT2D eigenvalue weighted by atomic mass is 35.5. The van der Waals surface area contributed by atoms with E-state index in [0.29, 0.717) is 22.6 Å². The number of anilines is 1. The van der Waals surface area contributed by atoms with E-state index in [1.165, 1.54) is 0 Å². The molecule has 1 aromatic heterocycles. The fraction of sp³-hybridized carbons (Fsp3) is 0.429. The van der Waals surface area contributed by atoms with Crippen LogP contribution in [0.3, 0.4) is 0 Å². The first-order valence-electron chi connectivity index (χ1n) is 6.48. The van der Waals surface area contributed by atoms with Gasteiger partial charge in [-0.15, -0.1) is 12.4 Å². The van der Waals surface area contributed by atoms with Crippen LogP contribution in [0.25, 0.3) is 10.9 Å². The summed E-state index contributed by atoms with van der Waals surface area (Å²) in [5.74, 6) is 1.86. The molecule has 5 nitrogen and oxygen atoms in total. The Morgan fingerprint density at radius 2 is 1.62 bits per heavy atom. The average Bonchev–Trinajstić information content (AvgIpc) is 2.47. The summed E-state index contributed by atoms with van der Waals surface area (Å²) in [6.45, 7) is 5.76. The van der Waals surface area contributed by atoms with Gasteiger partial charge >= 0.3 is 0 Å². The quantitative estimate of drug-likeness (QED) is 0.784. The van der Waals surface area contributed by atoms with Gasteiger partial charge in [0, 0.05) is 24.5 Å². The summed E-state index contributed by atoms with van der Waals surface area (Å²) in [6.07, 6.45) is 0. The molecule has 0 bridgehead atoms. The molecule has 0 fully saturated rings. The monoisotopic (exact) mass is 331 g/mol. The Morgan fingerprint density at radius 1 is 1.05 bits per heavy atom. The van der Waals surface area contributed by atoms with E-state index >= 15 is 0 Å². The Kier molecular flexibility index (Phi) is 6.30. The van der Waals surface area contributed by atoms with Crippen LogP contribution in [0.5, 0.6) is 11.5 Å². The molecule has 0 saturated carbocycles. The third-order valence-electron chi connectivity index (χ3n) is 3.19. The Morgan fingerprint density at radius 3 is 2.14 bits per heavy atom. The number of nitrogens with zero attached hydrogens (tertiary/aromatic N) is 3. The van der Waals surface area contributed by atoms with Crippen LogP contribution in [0.1, 0.15) is 13.8 Å². The number of methoxy groups -OCH3 is 2. The predicted molar refractivity (Wildman–Crippen MR) is 88.5 cm³/mol. The van der Waals surface area contributed by atoms with Gasteiger partial charge in [0.25, 0.3) is 0 Å². The van der Waals surface area contributed by atoms with E-state index in [-0.39, 0.29) is 12.4 Å². The molecule has 116 valence electrons. The van der Waals surface area contributed by atoms with Crippen molar-refractivity contribution in [3.8, 4) is 11.5 Å². The van der Waals surface area contributed by atoms with Gasteiger partial charge in [-0.1, -0.05) is 11.6 Å². The summed E-state index contributed by atoms with van der Waals surface area (Å²) >= 11 is 6.27. The van der Waals surface area contributed by atoms with Crippen molar-refractivity contribution in [2.24, 2.45) is 0 Å². The van der Waals surface area contributed by atoms with E-state index < -0.39 is 0 Å². The number of aromatic nitrogens is 2. The van der Waals surface area contributed by atoms with Gasteiger partial charge in [-0.3, -0.25) is 0 Å². The lowest BCUT2D eigenvalue weighted by molar-refractivity contribution is 0.356. The van der Waals surface area contributed by atoms with Gasteiger partial charge in [0.05, 0.1) is 19.7 Å². The van der Waals surface area contributed by atoms with Gasteiger partial charge in [0.1, 0.15) is 5.15 Å². The zero-order valence-corrected chi connectivity index (χ0v) is 14.1. The third kappa shape index (κ3) is 3.41. The molecule has 0 N–H and O–H groups in total. The second kappa shape index (κ2) is 7.52. The summed E-state index contributed by atoms with van der Waals surface area (Å²) in [6, 6.07) is 3.61. The van der Waals surface area contributed by atoms with Crippen LogP contribution >= 0.6 is 24.0 Å². The van der Waals surface area contributed by atoms with E-state index in [1.54, 1.807) is 20.3 Å². The van der Waals surface area contributed by atoms with Crippen LogP contribution in [0.2, 0.25) is 5.15 Å². The summed E-state index contributed by atoms with van der Waals surface area (Å²) in [4.78, 5) is 11.0. The van der Waals surface area contributed by atoms with Gasteiger partial charge in [-0.2, -0.15) is 0 Å². The number of rotatable bonds is 5. The minimum absolute atomic E-state index is 0. The highest BCUT2D eigenvalue weighted by Gasteiger charge is 2.14. The number of fused-ring (bicyclic) bond motifs is 1. The summed E-state index contributed by atoms with van der Waals surface area (Å²) in [7, 11) is 3.18. The zero-order valence-electron chi connectivity index (χ0n) is 12.5. The fourth-order valence-electron chi connectivity index (χ4n) is 2.05. The largest absolute Gasteiger partial charge is 0.493 e. The first-order chi connectivity index (χ1) is 9.64. The molecule has 0 unspecified atom stereocenters. The molecule has 0 saturated heterocycles. The number of hydrogen-bond acceptors (Lipinski definition) is 5. The van der Waals surface area contributed by atoms with Crippen molar-refractivity contribution in [1.29, 1.82) is 0 Å². The highest BCUT2D eigenvalue weighted by Crippen LogP contribution is 2.34. The molecule has 1 aromatic carbocycles. The van der Waals surface area contributed by atoms with Gasteiger partial charge in [0.2, 0.25) is 5.95 Å².